The second kappa shape index (κ2) is 25.3. The van der Waals surface area contributed by atoms with Crippen LogP contribution in [0.1, 0.15) is 98.4 Å². The van der Waals surface area contributed by atoms with E-state index >= 15 is 0 Å². The number of nitrogens with zero attached hydrogens (tertiary/aromatic N) is 11. The van der Waals surface area contributed by atoms with Crippen LogP contribution in [0, 0.1) is 11.6 Å². The largest absolute Gasteiger partial charge is 0.493 e. The highest BCUT2D eigenvalue weighted by atomic mass is 19.1. The molecule has 6 aromatic rings. The standard InChI is InChI=1S/C27H33FN6O2.C21H22FN5O.C6H13NO2/c1-3-32(4-2)17-26(35)33-13-5-6-19(11-14-33)22-16-29-25(34-18-30-31-27(22)34)10-7-20-21-12-15-36-24(21)9-8-23(20)28;22-18-4-5-19-16(8-11-28-19)15(18)3-6-20-24-12-17(21-26-25-13-27(20)21)14-2-1-9-23-10-7-14;1-3-7(4-2)5-6(8)9/h6,8-9,16,18H,3-5,7,10-15,17H2,1-2H3;2,4-5,12-13,23H,1,3,6-11H2;3-5H2,1-2H3,(H,8,9). The molecule has 0 spiro atoms. The molecule has 2 N–H and O–H groups in total. The Morgan fingerprint density at radius 1 is 0.658 bits per heavy atom. The van der Waals surface area contributed by atoms with E-state index < -0.39 is 5.97 Å². The van der Waals surface area contributed by atoms with Gasteiger partial charge in [0.25, 0.3) is 0 Å². The molecule has 0 saturated carbocycles. The third kappa shape index (κ3) is 12.7. The Kier molecular flexibility index (Phi) is 18.2. The summed E-state index contributed by atoms with van der Waals surface area (Å²) in [6.07, 6.45) is 18.8. The lowest BCUT2D eigenvalue weighted by molar-refractivity contribution is -0.138. The molecule has 8 heterocycles. The van der Waals surface area contributed by atoms with Crippen molar-refractivity contribution in [2.24, 2.45) is 0 Å². The fraction of sp³-hybridized carbons (Fsp3) is 0.481. The normalized spacial score (nSPS) is 15.3. The molecule has 2 aromatic carbocycles. The van der Waals surface area contributed by atoms with E-state index in [0.29, 0.717) is 57.6 Å². The molecule has 0 bridgehead atoms. The Labute approximate surface area is 425 Å². The molecule has 0 atom stereocenters. The molecule has 1 amide bonds. The summed E-state index contributed by atoms with van der Waals surface area (Å²) < 4.78 is 44.1. The molecule has 0 saturated heterocycles. The number of carbonyl (C=O) groups excluding carboxylic acids is 1. The van der Waals surface area contributed by atoms with Crippen LogP contribution in [0.4, 0.5) is 8.78 Å². The summed E-state index contributed by atoms with van der Waals surface area (Å²) in [5.41, 5.74) is 9.33. The molecule has 0 fully saturated rings. The first kappa shape index (κ1) is 52.6. The lowest BCUT2D eigenvalue weighted by Crippen LogP contribution is -2.40. The number of likely N-dealkylation sites (N-methyl/N-ethyl adjacent to an activating group) is 2. The number of carboxylic acids is 1. The SMILES string of the molecule is CCN(CC)CC(=O)N1CCC=C(c2cnc(CCc3c(F)ccc4c3CCO4)n3cnnc23)CC1.CCN(CC)CC(=O)O.Fc1ccc2c(c1CCc1ncc(C3=CCCNCC3)c3nncn13)CCO2. The Balaban J connectivity index is 0.000000170. The predicted octanol–water partition coefficient (Wildman–Crippen LogP) is 6.49. The van der Waals surface area contributed by atoms with E-state index in [9.17, 15) is 18.4 Å². The van der Waals surface area contributed by atoms with E-state index in [1.807, 2.05) is 44.8 Å². The molecule has 4 aliphatic heterocycles. The smallest absolute Gasteiger partial charge is 0.317 e. The third-order valence-corrected chi connectivity index (χ3v) is 14.2. The number of carbonyl (C=O) groups is 2. The molecule has 0 radical (unpaired) electrons. The number of halogens is 2. The van der Waals surface area contributed by atoms with E-state index in [4.69, 9.17) is 24.5 Å². The summed E-state index contributed by atoms with van der Waals surface area (Å²) >= 11 is 0. The average Bonchev–Trinajstić information content (AvgIpc) is 4.23. The lowest BCUT2D eigenvalue weighted by atomic mass is 9.99. The number of aryl methyl sites for hydroxylation is 2. The van der Waals surface area contributed by atoms with Crippen LogP contribution in [0.15, 0.2) is 61.5 Å². The first-order valence-corrected chi connectivity index (χ1v) is 25.9. The van der Waals surface area contributed by atoms with Crippen LogP contribution in [-0.4, -0.2) is 150 Å². The molecule has 17 nitrogen and oxygen atoms in total. The lowest BCUT2D eigenvalue weighted by Gasteiger charge is -2.25. The van der Waals surface area contributed by atoms with Crippen LogP contribution < -0.4 is 14.8 Å². The molecule has 19 heteroatoms. The van der Waals surface area contributed by atoms with Gasteiger partial charge in [-0.3, -0.25) is 28.2 Å². The number of aliphatic carboxylic acids is 1. The van der Waals surface area contributed by atoms with Crippen molar-refractivity contribution in [2.45, 2.75) is 91.9 Å². The van der Waals surface area contributed by atoms with Gasteiger partial charge in [0.1, 0.15) is 47.4 Å². The Morgan fingerprint density at radius 3 is 1.70 bits per heavy atom. The van der Waals surface area contributed by atoms with Gasteiger partial charge in [-0.1, -0.05) is 39.8 Å². The van der Waals surface area contributed by atoms with Gasteiger partial charge < -0.3 is 24.8 Å². The number of nitrogens with one attached hydrogen (secondary N) is 1. The summed E-state index contributed by atoms with van der Waals surface area (Å²) in [4.78, 5) is 38.3. The van der Waals surface area contributed by atoms with Crippen molar-refractivity contribution >= 4 is 34.3 Å². The Hall–Kier alpha value is -6.70. The van der Waals surface area contributed by atoms with Crippen LogP contribution >= 0.6 is 0 Å². The van der Waals surface area contributed by atoms with Gasteiger partial charge in [-0.15, -0.1) is 20.4 Å². The number of carboxylic acid groups (broad SMARTS) is 1. The van der Waals surface area contributed by atoms with Crippen LogP contribution in [0.5, 0.6) is 11.5 Å². The topological polar surface area (TPSA) is 181 Å². The van der Waals surface area contributed by atoms with Gasteiger partial charge in [0, 0.05) is 73.4 Å². The molecule has 0 unspecified atom stereocenters. The highest BCUT2D eigenvalue weighted by Gasteiger charge is 2.24. The monoisotopic (exact) mass is 1000 g/mol. The predicted molar refractivity (Wildman–Crippen MR) is 275 cm³/mol. The summed E-state index contributed by atoms with van der Waals surface area (Å²) in [6, 6.07) is 6.42. The number of rotatable bonds is 16. The number of benzene rings is 2. The van der Waals surface area contributed by atoms with Gasteiger partial charge >= 0.3 is 5.97 Å². The second-order valence-corrected chi connectivity index (χ2v) is 18.4. The van der Waals surface area contributed by atoms with Gasteiger partial charge in [-0.05, 0) is 124 Å². The van der Waals surface area contributed by atoms with Crippen molar-refractivity contribution in [1.82, 2.24) is 59.2 Å². The summed E-state index contributed by atoms with van der Waals surface area (Å²) in [5, 5.41) is 28.7. The quantitative estimate of drug-likeness (QED) is 0.107. The van der Waals surface area contributed by atoms with Crippen molar-refractivity contribution in [1.29, 1.82) is 0 Å². The Bertz CT molecular complexity index is 2930. The maximum atomic E-state index is 14.6. The minimum atomic E-state index is -0.751. The molecule has 388 valence electrons. The molecule has 4 aliphatic rings. The number of ether oxygens (including phenoxy) is 2. The van der Waals surface area contributed by atoms with Crippen LogP contribution in [-0.2, 0) is 48.1 Å². The Morgan fingerprint density at radius 2 is 1.18 bits per heavy atom. The van der Waals surface area contributed by atoms with E-state index in [1.165, 1.54) is 17.7 Å². The minimum Gasteiger partial charge on any atom is -0.493 e. The van der Waals surface area contributed by atoms with Gasteiger partial charge in [0.15, 0.2) is 11.3 Å². The highest BCUT2D eigenvalue weighted by molar-refractivity contribution is 5.80. The van der Waals surface area contributed by atoms with Crippen LogP contribution in [0.25, 0.3) is 22.4 Å². The highest BCUT2D eigenvalue weighted by Crippen LogP contribution is 2.33. The molecular weight excluding hydrogens is 935 g/mol. The molecule has 10 rings (SSSR count). The molecule has 4 aromatic heterocycles. The zero-order valence-electron chi connectivity index (χ0n) is 42.6. The zero-order valence-corrected chi connectivity index (χ0v) is 42.6. The van der Waals surface area contributed by atoms with Crippen molar-refractivity contribution in [2.75, 3.05) is 78.7 Å². The van der Waals surface area contributed by atoms with E-state index in [1.54, 1.807) is 24.8 Å². The van der Waals surface area contributed by atoms with E-state index in [2.05, 4.69) is 56.6 Å². The van der Waals surface area contributed by atoms with Crippen LogP contribution in [0.2, 0.25) is 0 Å². The molecule has 0 aliphatic carbocycles. The number of fused-ring (bicyclic) bond motifs is 4. The number of hydrogen-bond acceptors (Lipinski definition) is 13. The van der Waals surface area contributed by atoms with Crippen molar-refractivity contribution in [3.8, 4) is 11.5 Å². The first-order valence-electron chi connectivity index (χ1n) is 25.9. The van der Waals surface area contributed by atoms with E-state index in [-0.39, 0.29) is 24.1 Å². The van der Waals surface area contributed by atoms with Crippen molar-refractivity contribution in [3.05, 3.63) is 118 Å². The van der Waals surface area contributed by atoms with Gasteiger partial charge in [0.2, 0.25) is 5.91 Å². The first-order chi connectivity index (χ1) is 35.6. The second-order valence-electron chi connectivity index (χ2n) is 18.4. The third-order valence-electron chi connectivity index (χ3n) is 14.2. The fourth-order valence-electron chi connectivity index (χ4n) is 9.98. The fourth-order valence-corrected chi connectivity index (χ4v) is 9.98. The van der Waals surface area contributed by atoms with E-state index in [0.717, 1.165) is 152 Å². The van der Waals surface area contributed by atoms with Crippen LogP contribution in [0.3, 0.4) is 0 Å². The number of aromatic nitrogens is 8. The van der Waals surface area contributed by atoms with Crippen molar-refractivity contribution < 1.29 is 33.0 Å². The number of amides is 1. The molecular formula is C54H68F2N12O5. The van der Waals surface area contributed by atoms with Gasteiger partial charge in [-0.2, -0.15) is 0 Å². The maximum absolute atomic E-state index is 14.6. The summed E-state index contributed by atoms with van der Waals surface area (Å²) in [7, 11) is 0. The minimum absolute atomic E-state index is 0.160. The zero-order chi connectivity index (χ0) is 51.3. The van der Waals surface area contributed by atoms with Gasteiger partial charge in [-0.25, -0.2) is 18.7 Å². The van der Waals surface area contributed by atoms with Crippen molar-refractivity contribution in [3.63, 3.8) is 0 Å². The summed E-state index contributed by atoms with van der Waals surface area (Å²) in [6.45, 7) is 16.6. The number of hydrogen-bond donors (Lipinski definition) is 2. The average molecular weight is 1000 g/mol. The van der Waals surface area contributed by atoms with Gasteiger partial charge in [0.05, 0.1) is 26.3 Å². The summed E-state index contributed by atoms with van der Waals surface area (Å²) in [5.74, 6) is 2.29. The maximum Gasteiger partial charge on any atom is 0.317 e. The molecule has 73 heavy (non-hydrogen) atoms.